The van der Waals surface area contributed by atoms with Crippen molar-refractivity contribution < 1.29 is 0 Å². The fourth-order valence-electron chi connectivity index (χ4n) is 1.49. The van der Waals surface area contributed by atoms with Crippen molar-refractivity contribution >= 4 is 17.3 Å². The van der Waals surface area contributed by atoms with Crippen LogP contribution in [0.1, 0.15) is 19.8 Å². The second kappa shape index (κ2) is 2.91. The van der Waals surface area contributed by atoms with E-state index in [0.717, 1.165) is 5.02 Å². The van der Waals surface area contributed by atoms with Crippen LogP contribution in [-0.4, -0.2) is 12.6 Å². The number of benzene rings is 1. The Morgan fingerprint density at radius 1 is 1.23 bits per heavy atom. The van der Waals surface area contributed by atoms with Crippen LogP contribution >= 0.6 is 11.6 Å². The summed E-state index contributed by atoms with van der Waals surface area (Å²) in [7, 11) is 2.15. The number of nitrogens with zero attached hydrogens (tertiary/aromatic N) is 1. The molecule has 1 aliphatic rings. The van der Waals surface area contributed by atoms with Crippen LogP contribution in [0, 0.1) is 0 Å². The summed E-state index contributed by atoms with van der Waals surface area (Å²) in [5.41, 5.74) is 1.65. The van der Waals surface area contributed by atoms with Gasteiger partial charge in [-0.1, -0.05) is 11.6 Å². The topological polar surface area (TPSA) is 3.24 Å². The van der Waals surface area contributed by atoms with Gasteiger partial charge in [0, 0.05) is 23.3 Å². The van der Waals surface area contributed by atoms with E-state index in [2.05, 4.69) is 31.0 Å². The van der Waals surface area contributed by atoms with E-state index in [-0.39, 0.29) is 0 Å². The molecule has 0 spiro atoms. The van der Waals surface area contributed by atoms with E-state index in [1.54, 1.807) is 0 Å². The first-order chi connectivity index (χ1) is 6.12. The largest absolute Gasteiger partial charge is 0.369 e. The second-order valence-corrected chi connectivity index (χ2v) is 4.47. The molecule has 0 aromatic heterocycles. The van der Waals surface area contributed by atoms with E-state index in [1.807, 2.05) is 12.1 Å². The maximum Gasteiger partial charge on any atom is 0.0407 e. The summed E-state index contributed by atoms with van der Waals surface area (Å²) in [6.07, 6.45) is 2.60. The Hall–Kier alpha value is -0.690. The van der Waals surface area contributed by atoms with Gasteiger partial charge in [-0.15, -0.1) is 0 Å². The third kappa shape index (κ3) is 1.66. The summed E-state index contributed by atoms with van der Waals surface area (Å²) in [6, 6.07) is 8.04. The lowest BCUT2D eigenvalue weighted by Crippen LogP contribution is -2.30. The van der Waals surface area contributed by atoms with Gasteiger partial charge in [-0.3, -0.25) is 0 Å². The first-order valence-electron chi connectivity index (χ1n) is 4.61. The molecule has 0 heterocycles. The summed E-state index contributed by atoms with van der Waals surface area (Å²) in [5.74, 6) is 0. The molecule has 1 aromatic rings. The quantitative estimate of drug-likeness (QED) is 0.700. The van der Waals surface area contributed by atoms with Crippen LogP contribution in [0.15, 0.2) is 24.3 Å². The summed E-state index contributed by atoms with van der Waals surface area (Å²) >= 11 is 5.83. The van der Waals surface area contributed by atoms with E-state index in [9.17, 15) is 0 Å². The summed E-state index contributed by atoms with van der Waals surface area (Å²) in [4.78, 5) is 2.34. The molecule has 1 aliphatic carbocycles. The van der Waals surface area contributed by atoms with Crippen LogP contribution in [-0.2, 0) is 0 Å². The first kappa shape index (κ1) is 8.89. The van der Waals surface area contributed by atoms with Crippen molar-refractivity contribution in [2.75, 3.05) is 11.9 Å². The van der Waals surface area contributed by atoms with Crippen LogP contribution in [0.4, 0.5) is 5.69 Å². The van der Waals surface area contributed by atoms with Gasteiger partial charge < -0.3 is 4.90 Å². The van der Waals surface area contributed by atoms with E-state index in [4.69, 9.17) is 11.6 Å². The van der Waals surface area contributed by atoms with Crippen molar-refractivity contribution in [2.24, 2.45) is 0 Å². The third-order valence-corrected chi connectivity index (χ3v) is 3.25. The van der Waals surface area contributed by atoms with E-state index in [0.29, 0.717) is 5.54 Å². The minimum absolute atomic E-state index is 0.397. The summed E-state index contributed by atoms with van der Waals surface area (Å²) in [6.45, 7) is 2.29. The van der Waals surface area contributed by atoms with Crippen LogP contribution < -0.4 is 4.90 Å². The molecule has 70 valence electrons. The highest BCUT2D eigenvalue weighted by molar-refractivity contribution is 6.30. The van der Waals surface area contributed by atoms with Gasteiger partial charge in [0.25, 0.3) is 0 Å². The molecule has 1 aromatic carbocycles. The average Bonchev–Trinajstić information content (AvgIpc) is 2.85. The van der Waals surface area contributed by atoms with Crippen molar-refractivity contribution in [3.05, 3.63) is 29.3 Å². The number of halogens is 1. The minimum Gasteiger partial charge on any atom is -0.369 e. The van der Waals surface area contributed by atoms with Crippen molar-refractivity contribution in [3.63, 3.8) is 0 Å². The number of hydrogen-bond acceptors (Lipinski definition) is 1. The molecule has 0 amide bonds. The molecule has 0 atom stereocenters. The predicted octanol–water partition coefficient (Wildman–Crippen LogP) is 3.33. The molecule has 1 saturated carbocycles. The lowest BCUT2D eigenvalue weighted by molar-refractivity contribution is 0.692. The van der Waals surface area contributed by atoms with Gasteiger partial charge in [0.15, 0.2) is 0 Å². The van der Waals surface area contributed by atoms with Crippen molar-refractivity contribution in [1.82, 2.24) is 0 Å². The van der Waals surface area contributed by atoms with Crippen molar-refractivity contribution in [3.8, 4) is 0 Å². The molecule has 0 aliphatic heterocycles. The molecular weight excluding hydrogens is 182 g/mol. The van der Waals surface area contributed by atoms with Gasteiger partial charge in [0.1, 0.15) is 0 Å². The molecule has 0 radical (unpaired) electrons. The molecule has 0 saturated heterocycles. The van der Waals surface area contributed by atoms with E-state index >= 15 is 0 Å². The Balaban J connectivity index is 2.20. The molecule has 0 bridgehead atoms. The maximum atomic E-state index is 5.83. The number of anilines is 1. The van der Waals surface area contributed by atoms with Gasteiger partial charge >= 0.3 is 0 Å². The Morgan fingerprint density at radius 3 is 2.23 bits per heavy atom. The van der Waals surface area contributed by atoms with Crippen LogP contribution in [0.25, 0.3) is 0 Å². The summed E-state index contributed by atoms with van der Waals surface area (Å²) in [5, 5.41) is 0.804. The monoisotopic (exact) mass is 195 g/mol. The maximum absolute atomic E-state index is 5.83. The van der Waals surface area contributed by atoms with Gasteiger partial charge in [0.05, 0.1) is 0 Å². The fraction of sp³-hybridized carbons (Fsp3) is 0.455. The zero-order valence-corrected chi connectivity index (χ0v) is 8.80. The average molecular weight is 196 g/mol. The van der Waals surface area contributed by atoms with E-state index < -0.39 is 0 Å². The lowest BCUT2D eigenvalue weighted by Gasteiger charge is -2.26. The fourth-order valence-corrected chi connectivity index (χ4v) is 1.62. The third-order valence-electron chi connectivity index (χ3n) is 3.00. The molecule has 2 rings (SSSR count). The molecule has 0 N–H and O–H groups in total. The molecule has 0 unspecified atom stereocenters. The summed E-state index contributed by atoms with van der Waals surface area (Å²) < 4.78 is 0. The Labute approximate surface area is 84.3 Å². The Kier molecular flexibility index (Phi) is 1.99. The highest BCUT2D eigenvalue weighted by atomic mass is 35.5. The Bertz CT molecular complexity index is 300. The molecule has 2 heteroatoms. The molecular formula is C11H14ClN. The highest BCUT2D eigenvalue weighted by Crippen LogP contribution is 2.42. The lowest BCUT2D eigenvalue weighted by atomic mass is 10.2. The van der Waals surface area contributed by atoms with Crippen LogP contribution in [0.2, 0.25) is 5.02 Å². The van der Waals surface area contributed by atoms with Crippen LogP contribution in [0.5, 0.6) is 0 Å². The number of rotatable bonds is 2. The highest BCUT2D eigenvalue weighted by Gasteiger charge is 2.41. The zero-order chi connectivity index (χ0) is 9.47. The molecule has 13 heavy (non-hydrogen) atoms. The van der Waals surface area contributed by atoms with Gasteiger partial charge in [-0.25, -0.2) is 0 Å². The zero-order valence-electron chi connectivity index (χ0n) is 8.05. The first-order valence-corrected chi connectivity index (χ1v) is 4.99. The van der Waals surface area contributed by atoms with Gasteiger partial charge in [-0.2, -0.15) is 0 Å². The molecule has 1 fully saturated rings. The predicted molar refractivity (Wildman–Crippen MR) is 57.5 cm³/mol. The number of hydrogen-bond donors (Lipinski definition) is 0. The van der Waals surface area contributed by atoms with Crippen LogP contribution in [0.3, 0.4) is 0 Å². The van der Waals surface area contributed by atoms with E-state index in [1.165, 1.54) is 18.5 Å². The SMILES string of the molecule is CN(c1ccc(Cl)cc1)C1(C)CC1. The van der Waals surface area contributed by atoms with Crippen molar-refractivity contribution in [1.29, 1.82) is 0 Å². The molecule has 1 nitrogen and oxygen atoms in total. The van der Waals surface area contributed by atoms with Gasteiger partial charge in [0.2, 0.25) is 0 Å². The standard InChI is InChI=1S/C11H14ClN/c1-11(7-8-11)13(2)10-5-3-9(12)4-6-10/h3-6H,7-8H2,1-2H3. The smallest absolute Gasteiger partial charge is 0.0407 e. The van der Waals surface area contributed by atoms with Crippen molar-refractivity contribution in [2.45, 2.75) is 25.3 Å². The normalized spacial score (nSPS) is 18.4. The minimum atomic E-state index is 0.397. The second-order valence-electron chi connectivity index (χ2n) is 4.03. The Morgan fingerprint density at radius 2 is 1.77 bits per heavy atom. The van der Waals surface area contributed by atoms with Gasteiger partial charge in [-0.05, 0) is 44.0 Å².